The maximum absolute atomic E-state index is 12.4. The summed E-state index contributed by atoms with van der Waals surface area (Å²) in [7, 11) is -3.89. The van der Waals surface area contributed by atoms with Crippen molar-refractivity contribution in [1.82, 2.24) is 20.2 Å². The monoisotopic (exact) mass is 482 g/mol. The molecule has 31 heavy (non-hydrogen) atoms. The van der Waals surface area contributed by atoms with Gasteiger partial charge in [-0.3, -0.25) is 14.3 Å². The number of halogens is 1. The molecule has 0 aliphatic rings. The minimum absolute atomic E-state index is 0.0156. The van der Waals surface area contributed by atoms with Crippen molar-refractivity contribution < 1.29 is 18.3 Å². The van der Waals surface area contributed by atoms with Crippen molar-refractivity contribution in [3.8, 4) is 5.88 Å². The van der Waals surface area contributed by atoms with E-state index in [-0.39, 0.29) is 33.4 Å². The van der Waals surface area contributed by atoms with Gasteiger partial charge in [0, 0.05) is 17.9 Å². The Morgan fingerprint density at radius 3 is 2.55 bits per heavy atom. The van der Waals surface area contributed by atoms with Crippen LogP contribution in [0, 0.1) is 0 Å². The number of thioether (sulfide) groups is 1. The van der Waals surface area contributed by atoms with Crippen molar-refractivity contribution in [1.29, 1.82) is 0 Å². The van der Waals surface area contributed by atoms with Gasteiger partial charge in [-0.05, 0) is 36.4 Å². The number of hydrogen-bond acceptors (Lipinski definition) is 9. The van der Waals surface area contributed by atoms with E-state index < -0.39 is 21.5 Å². The smallest absolute Gasteiger partial charge is 0.263 e. The number of aromatic amines is 1. The van der Waals surface area contributed by atoms with Crippen LogP contribution >= 0.6 is 23.4 Å². The molecule has 4 N–H and O–H groups in total. The van der Waals surface area contributed by atoms with Crippen molar-refractivity contribution >= 4 is 50.8 Å². The van der Waals surface area contributed by atoms with E-state index in [4.69, 9.17) is 11.6 Å². The summed E-state index contributed by atoms with van der Waals surface area (Å²) in [6.07, 6.45) is 0.0981. The lowest BCUT2D eigenvalue weighted by Crippen LogP contribution is -2.15. The first-order valence-corrected chi connectivity index (χ1v) is 11.4. The molecule has 162 valence electrons. The number of sulfonamides is 1. The molecule has 2 heterocycles. The minimum Gasteiger partial charge on any atom is -0.493 e. The first-order valence-electron chi connectivity index (χ1n) is 8.56. The van der Waals surface area contributed by atoms with Crippen LogP contribution in [0.1, 0.15) is 6.42 Å². The quantitative estimate of drug-likeness (QED) is 0.276. The van der Waals surface area contributed by atoms with E-state index in [1.54, 1.807) is 0 Å². The molecule has 14 heteroatoms. The molecule has 11 nitrogen and oxygen atoms in total. The van der Waals surface area contributed by atoms with Crippen molar-refractivity contribution in [2.45, 2.75) is 16.5 Å². The molecule has 1 aromatic carbocycles. The van der Waals surface area contributed by atoms with Crippen LogP contribution in [-0.2, 0) is 14.8 Å². The van der Waals surface area contributed by atoms with Gasteiger partial charge in [-0.2, -0.15) is 4.98 Å². The molecule has 0 aliphatic heterocycles. The Balaban J connectivity index is 1.53. The van der Waals surface area contributed by atoms with Crippen LogP contribution in [0.15, 0.2) is 57.3 Å². The van der Waals surface area contributed by atoms with Crippen molar-refractivity contribution in [2.75, 3.05) is 15.8 Å². The van der Waals surface area contributed by atoms with Gasteiger partial charge in [0.15, 0.2) is 16.1 Å². The van der Waals surface area contributed by atoms with E-state index in [1.807, 2.05) is 0 Å². The number of carbonyl (C=O) groups excluding carboxylic acids is 1. The molecular weight excluding hydrogens is 468 g/mol. The number of aromatic hydroxyl groups is 1. The van der Waals surface area contributed by atoms with E-state index in [9.17, 15) is 23.1 Å². The Kier molecular flexibility index (Phi) is 7.09. The Morgan fingerprint density at radius 2 is 1.90 bits per heavy atom. The number of H-pyrrole nitrogens is 1. The van der Waals surface area contributed by atoms with Crippen LogP contribution in [0.4, 0.5) is 11.5 Å². The molecule has 0 bridgehead atoms. The lowest BCUT2D eigenvalue weighted by molar-refractivity contribution is -0.115. The molecule has 0 atom stereocenters. The standard InChI is InChI=1S/C17H15ClN6O5S2/c18-12-5-6-13(23-22-12)24-31(28,29)11-3-1-10(2-4-11)19-14(25)7-8-30-17-20-15(26)9-16(27)21-17/h1-6,9H,7-8H2,(H,19,25)(H,23,24)(H2,20,21,26,27). The third-order valence-electron chi connectivity index (χ3n) is 3.59. The molecule has 3 aromatic rings. The number of aromatic nitrogens is 4. The topological polar surface area (TPSA) is 167 Å². The van der Waals surface area contributed by atoms with Crippen molar-refractivity contribution in [2.24, 2.45) is 0 Å². The van der Waals surface area contributed by atoms with Gasteiger partial charge in [0.25, 0.3) is 15.6 Å². The number of nitrogens with one attached hydrogen (secondary N) is 3. The number of rotatable bonds is 8. The highest BCUT2D eigenvalue weighted by molar-refractivity contribution is 7.99. The van der Waals surface area contributed by atoms with E-state index in [1.165, 1.54) is 36.4 Å². The first kappa shape index (κ1) is 22.5. The summed E-state index contributed by atoms with van der Waals surface area (Å²) in [5, 5.41) is 19.5. The second kappa shape index (κ2) is 9.76. The van der Waals surface area contributed by atoms with Crippen LogP contribution < -0.4 is 15.6 Å². The number of amides is 1. The highest BCUT2D eigenvalue weighted by Crippen LogP contribution is 2.19. The fourth-order valence-corrected chi connectivity index (χ4v) is 4.15. The van der Waals surface area contributed by atoms with Crippen molar-refractivity contribution in [3.63, 3.8) is 0 Å². The molecule has 0 saturated heterocycles. The maximum Gasteiger partial charge on any atom is 0.263 e. The molecule has 1 amide bonds. The summed E-state index contributed by atoms with van der Waals surface area (Å²) < 4.78 is 27.1. The zero-order valence-electron chi connectivity index (χ0n) is 15.6. The minimum atomic E-state index is -3.89. The third kappa shape index (κ3) is 6.67. The summed E-state index contributed by atoms with van der Waals surface area (Å²) in [4.78, 5) is 29.5. The molecule has 0 aliphatic carbocycles. The number of hydrogen-bond donors (Lipinski definition) is 4. The molecule has 0 spiro atoms. The molecule has 0 fully saturated rings. The van der Waals surface area contributed by atoms with Crippen LogP contribution in [0.3, 0.4) is 0 Å². The summed E-state index contributed by atoms with van der Waals surface area (Å²) in [5.74, 6) is -0.401. The molecule has 2 aromatic heterocycles. The van der Waals surface area contributed by atoms with Gasteiger partial charge in [0.05, 0.1) is 11.0 Å². The van der Waals surface area contributed by atoms with Gasteiger partial charge in [-0.1, -0.05) is 23.4 Å². The Bertz CT molecular complexity index is 1230. The first-order chi connectivity index (χ1) is 14.7. The van der Waals surface area contributed by atoms with Gasteiger partial charge in [-0.25, -0.2) is 8.42 Å². The van der Waals surface area contributed by atoms with Crippen LogP contribution in [0.2, 0.25) is 5.15 Å². The van der Waals surface area contributed by atoms with Gasteiger partial charge in [-0.15, -0.1) is 10.2 Å². The van der Waals surface area contributed by atoms with E-state index >= 15 is 0 Å². The van der Waals surface area contributed by atoms with E-state index in [0.29, 0.717) is 11.4 Å². The van der Waals surface area contributed by atoms with Gasteiger partial charge < -0.3 is 15.4 Å². The average molecular weight is 483 g/mol. The number of benzene rings is 1. The lowest BCUT2D eigenvalue weighted by atomic mass is 10.3. The van der Waals surface area contributed by atoms with Gasteiger partial charge in [0.1, 0.15) is 0 Å². The summed E-state index contributed by atoms with van der Waals surface area (Å²) in [6, 6.07) is 9.27. The average Bonchev–Trinajstić information content (AvgIpc) is 2.69. The van der Waals surface area contributed by atoms with Crippen LogP contribution in [0.5, 0.6) is 5.88 Å². The number of carbonyl (C=O) groups is 1. The predicted octanol–water partition coefficient (Wildman–Crippen LogP) is 1.84. The zero-order chi connectivity index (χ0) is 22.4. The zero-order valence-corrected chi connectivity index (χ0v) is 18.0. The van der Waals surface area contributed by atoms with Crippen LogP contribution in [0.25, 0.3) is 0 Å². The largest absolute Gasteiger partial charge is 0.493 e. The molecular formula is C17H15ClN6O5S2. The summed E-state index contributed by atoms with van der Waals surface area (Å²) in [5.41, 5.74) is -0.0868. The van der Waals surface area contributed by atoms with Gasteiger partial charge in [0.2, 0.25) is 11.8 Å². The van der Waals surface area contributed by atoms with Crippen LogP contribution in [-0.4, -0.2) is 45.3 Å². The molecule has 3 rings (SSSR count). The fraction of sp³-hybridized carbons (Fsp3) is 0.118. The SMILES string of the molecule is O=C(CCSc1nc(O)cc(=O)[nH]1)Nc1ccc(S(=O)(=O)Nc2ccc(Cl)nn2)cc1. The predicted molar refractivity (Wildman–Crippen MR) is 115 cm³/mol. The van der Waals surface area contributed by atoms with E-state index in [2.05, 4.69) is 30.2 Å². The maximum atomic E-state index is 12.4. The number of nitrogens with zero attached hydrogens (tertiary/aromatic N) is 3. The highest BCUT2D eigenvalue weighted by atomic mass is 35.5. The third-order valence-corrected chi connectivity index (χ3v) is 6.04. The lowest BCUT2D eigenvalue weighted by Gasteiger charge is -2.09. The number of anilines is 2. The molecule has 0 unspecified atom stereocenters. The van der Waals surface area contributed by atoms with E-state index in [0.717, 1.165) is 17.8 Å². The van der Waals surface area contributed by atoms with Gasteiger partial charge >= 0.3 is 0 Å². The second-order valence-corrected chi connectivity index (χ2v) is 9.08. The van der Waals surface area contributed by atoms with Crippen molar-refractivity contribution in [3.05, 3.63) is 58.0 Å². The Labute approximate surface area is 185 Å². The normalized spacial score (nSPS) is 11.1. The molecule has 0 radical (unpaired) electrons. The summed E-state index contributed by atoms with van der Waals surface area (Å²) in [6.45, 7) is 0. The highest BCUT2D eigenvalue weighted by Gasteiger charge is 2.15. The summed E-state index contributed by atoms with van der Waals surface area (Å²) >= 11 is 6.72. The second-order valence-electron chi connectivity index (χ2n) is 5.93. The Morgan fingerprint density at radius 1 is 1.16 bits per heavy atom. The Hall–Kier alpha value is -3.16. The fourth-order valence-electron chi connectivity index (χ4n) is 2.24. The molecule has 0 saturated carbocycles.